The average Bonchev–Trinajstić information content (AvgIpc) is 2.67. The number of sulfone groups is 1. The van der Waals surface area contributed by atoms with Gasteiger partial charge in [-0.2, -0.15) is 0 Å². The van der Waals surface area contributed by atoms with Crippen LogP contribution in [0.2, 0.25) is 0 Å². The zero-order chi connectivity index (χ0) is 19.2. The first-order chi connectivity index (χ1) is 12.4. The third-order valence-corrected chi connectivity index (χ3v) is 6.40. The van der Waals surface area contributed by atoms with Gasteiger partial charge in [0.15, 0.2) is 14.6 Å². The van der Waals surface area contributed by atoms with E-state index in [0.717, 1.165) is 0 Å². The molecule has 2 N–H and O–H groups in total. The Labute approximate surface area is 151 Å². The fourth-order valence-electron chi connectivity index (χ4n) is 2.61. The maximum Gasteiger partial charge on any atom is 0.266 e. The summed E-state index contributed by atoms with van der Waals surface area (Å²) in [7, 11) is -2.81. The van der Waals surface area contributed by atoms with E-state index in [-0.39, 0.29) is 11.3 Å². The smallest absolute Gasteiger partial charge is 0.266 e. The van der Waals surface area contributed by atoms with Crippen molar-refractivity contribution in [2.45, 2.75) is 22.5 Å². The van der Waals surface area contributed by atoms with Crippen molar-refractivity contribution in [3.8, 4) is 18.1 Å². The van der Waals surface area contributed by atoms with E-state index in [1.165, 1.54) is 49.2 Å². The number of hydrogen-bond donors (Lipinski definition) is 2. The normalized spacial score (nSPS) is 13.3. The number of hydroxylamine groups is 1. The summed E-state index contributed by atoms with van der Waals surface area (Å²) >= 11 is 0. The second-order valence-electron chi connectivity index (χ2n) is 5.53. The van der Waals surface area contributed by atoms with Crippen molar-refractivity contribution in [2.75, 3.05) is 7.11 Å². The first-order valence-corrected chi connectivity index (χ1v) is 9.05. The highest BCUT2D eigenvalue weighted by molar-refractivity contribution is 7.93. The van der Waals surface area contributed by atoms with Crippen molar-refractivity contribution >= 4 is 15.7 Å². The Kier molecular flexibility index (Phi) is 5.97. The Morgan fingerprint density at radius 1 is 1.35 bits per heavy atom. The van der Waals surface area contributed by atoms with Crippen LogP contribution in [0, 0.1) is 12.3 Å². The number of aromatic nitrogens is 1. The molecule has 0 fully saturated rings. The third kappa shape index (κ3) is 3.54. The van der Waals surface area contributed by atoms with Crippen molar-refractivity contribution in [3.63, 3.8) is 0 Å². The number of hydrogen-bond acceptors (Lipinski definition) is 6. The number of methoxy groups -OCH3 is 1. The minimum absolute atomic E-state index is 0.110. The number of amides is 1. The van der Waals surface area contributed by atoms with Crippen molar-refractivity contribution in [1.29, 1.82) is 0 Å². The molecule has 0 aliphatic heterocycles. The summed E-state index contributed by atoms with van der Waals surface area (Å²) in [5.74, 6) is 1.61. The van der Waals surface area contributed by atoms with Gasteiger partial charge in [-0.05, 0) is 35.9 Å². The quantitative estimate of drug-likeness (QED) is 0.431. The summed E-state index contributed by atoms with van der Waals surface area (Å²) < 4.78 is 29.6. The molecule has 1 atom stereocenters. The Balaban J connectivity index is 2.63. The molecule has 0 radical (unpaired) electrons. The van der Waals surface area contributed by atoms with Crippen molar-refractivity contribution in [1.82, 2.24) is 10.5 Å². The van der Waals surface area contributed by atoms with E-state index in [0.29, 0.717) is 11.3 Å². The van der Waals surface area contributed by atoms with Gasteiger partial charge in [0.25, 0.3) is 5.91 Å². The summed E-state index contributed by atoms with van der Waals surface area (Å²) in [5.41, 5.74) is 1.94. The highest BCUT2D eigenvalue weighted by atomic mass is 32.2. The number of pyridine rings is 1. The number of nitrogens with zero attached hydrogens (tertiary/aromatic N) is 1. The lowest BCUT2D eigenvalue weighted by atomic mass is 9.95. The molecule has 2 rings (SSSR count). The van der Waals surface area contributed by atoms with Gasteiger partial charge in [0.1, 0.15) is 5.75 Å². The van der Waals surface area contributed by atoms with E-state index < -0.39 is 26.9 Å². The average molecular weight is 374 g/mol. The summed E-state index contributed by atoms with van der Waals surface area (Å²) in [5, 5.41) is 9.20. The molecule has 0 unspecified atom stereocenters. The van der Waals surface area contributed by atoms with Crippen molar-refractivity contribution < 1.29 is 23.2 Å². The Hall–Kier alpha value is -2.89. The predicted molar refractivity (Wildman–Crippen MR) is 94.2 cm³/mol. The van der Waals surface area contributed by atoms with Gasteiger partial charge >= 0.3 is 0 Å². The predicted octanol–water partition coefficient (Wildman–Crippen LogP) is 1.37. The van der Waals surface area contributed by atoms with Crippen LogP contribution in [-0.4, -0.2) is 36.4 Å². The van der Waals surface area contributed by atoms with Crippen LogP contribution in [-0.2, 0) is 21.1 Å². The standard InChI is InChI=1S/C18H18N2O5S/c1-3-10-18(17(21)20-22,12-14-5-4-11-19-13-14)26(23,24)16-8-6-15(25-2)7-9-16/h1,4-9,11,13,22H,10,12H2,2H3,(H,20,21)/t18-/m0/s1. The van der Waals surface area contributed by atoms with E-state index in [1.54, 1.807) is 12.1 Å². The third-order valence-electron chi connectivity index (χ3n) is 4.00. The first kappa shape index (κ1) is 19.4. The summed E-state index contributed by atoms with van der Waals surface area (Å²) in [6.45, 7) is 0. The molecule has 8 heteroatoms. The topological polar surface area (TPSA) is 106 Å². The highest BCUT2D eigenvalue weighted by Gasteiger charge is 2.51. The molecule has 26 heavy (non-hydrogen) atoms. The monoisotopic (exact) mass is 374 g/mol. The van der Waals surface area contributed by atoms with E-state index in [1.807, 2.05) is 0 Å². The Bertz CT molecular complexity index is 905. The lowest BCUT2D eigenvalue weighted by Gasteiger charge is -2.29. The van der Waals surface area contributed by atoms with E-state index in [2.05, 4.69) is 10.9 Å². The molecule has 136 valence electrons. The zero-order valence-electron chi connectivity index (χ0n) is 14.0. The van der Waals surface area contributed by atoms with Crippen LogP contribution in [0.25, 0.3) is 0 Å². The number of nitrogens with one attached hydrogen (secondary N) is 1. The second-order valence-corrected chi connectivity index (χ2v) is 7.79. The molecule has 1 amide bonds. The molecule has 0 aliphatic carbocycles. The molecule has 0 bridgehead atoms. The zero-order valence-corrected chi connectivity index (χ0v) is 14.9. The molecular formula is C18H18N2O5S. The van der Waals surface area contributed by atoms with Gasteiger partial charge in [-0.15, -0.1) is 12.3 Å². The van der Waals surface area contributed by atoms with Crippen LogP contribution >= 0.6 is 0 Å². The molecule has 1 aromatic carbocycles. The van der Waals surface area contributed by atoms with Gasteiger partial charge < -0.3 is 4.74 Å². The van der Waals surface area contributed by atoms with Gasteiger partial charge in [0.05, 0.1) is 12.0 Å². The molecule has 0 saturated carbocycles. The maximum absolute atomic E-state index is 13.3. The van der Waals surface area contributed by atoms with Gasteiger partial charge in [0, 0.05) is 25.2 Å². The van der Waals surface area contributed by atoms with Gasteiger partial charge in [-0.3, -0.25) is 15.0 Å². The van der Waals surface area contributed by atoms with Crippen LogP contribution in [0.15, 0.2) is 53.7 Å². The lowest BCUT2D eigenvalue weighted by Crippen LogP contribution is -2.53. The number of ether oxygens (including phenoxy) is 1. The minimum Gasteiger partial charge on any atom is -0.497 e. The number of terminal acetylenes is 1. The van der Waals surface area contributed by atoms with E-state index >= 15 is 0 Å². The largest absolute Gasteiger partial charge is 0.497 e. The number of rotatable bonds is 7. The Morgan fingerprint density at radius 3 is 2.54 bits per heavy atom. The number of carbonyl (C=O) groups is 1. The van der Waals surface area contributed by atoms with Gasteiger partial charge in [-0.1, -0.05) is 6.07 Å². The van der Waals surface area contributed by atoms with E-state index in [4.69, 9.17) is 11.2 Å². The maximum atomic E-state index is 13.3. The lowest BCUT2D eigenvalue weighted by molar-refractivity contribution is -0.131. The number of benzene rings is 1. The SMILES string of the molecule is C#CC[C@](Cc1cccnc1)(C(=O)NO)S(=O)(=O)c1ccc(OC)cc1. The summed E-state index contributed by atoms with van der Waals surface area (Å²) in [4.78, 5) is 16.3. The fraction of sp³-hybridized carbons (Fsp3) is 0.222. The fourth-order valence-corrected chi connectivity index (χ4v) is 4.48. The Morgan fingerprint density at radius 2 is 2.04 bits per heavy atom. The molecule has 0 saturated heterocycles. The van der Waals surface area contributed by atoms with Crippen LogP contribution in [0.5, 0.6) is 5.75 Å². The van der Waals surface area contributed by atoms with Crippen LogP contribution in [0.1, 0.15) is 12.0 Å². The van der Waals surface area contributed by atoms with Crippen molar-refractivity contribution in [3.05, 3.63) is 54.4 Å². The van der Waals surface area contributed by atoms with E-state index in [9.17, 15) is 18.4 Å². The summed E-state index contributed by atoms with van der Waals surface area (Å²) in [6.07, 6.45) is 7.67. The molecule has 7 nitrogen and oxygen atoms in total. The van der Waals surface area contributed by atoms with Gasteiger partial charge in [0.2, 0.25) is 0 Å². The van der Waals surface area contributed by atoms with Crippen LogP contribution < -0.4 is 10.2 Å². The minimum atomic E-state index is -4.26. The summed E-state index contributed by atoms with van der Waals surface area (Å²) in [6, 6.07) is 8.84. The molecular weight excluding hydrogens is 356 g/mol. The molecule has 0 spiro atoms. The first-order valence-electron chi connectivity index (χ1n) is 7.57. The molecule has 0 aliphatic rings. The number of carbonyl (C=O) groups excluding carboxylic acids is 1. The second kappa shape index (κ2) is 7.99. The van der Waals surface area contributed by atoms with Crippen LogP contribution in [0.3, 0.4) is 0 Å². The molecule has 1 heterocycles. The molecule has 2 aromatic rings. The highest BCUT2D eigenvalue weighted by Crippen LogP contribution is 2.33. The molecule has 1 aromatic heterocycles. The van der Waals surface area contributed by atoms with Crippen LogP contribution in [0.4, 0.5) is 0 Å². The van der Waals surface area contributed by atoms with Crippen molar-refractivity contribution in [2.24, 2.45) is 0 Å². The van der Waals surface area contributed by atoms with Gasteiger partial charge in [-0.25, -0.2) is 13.9 Å².